The molecule has 0 unspecified atom stereocenters. The van der Waals surface area contributed by atoms with Crippen molar-refractivity contribution < 1.29 is 9.53 Å². The summed E-state index contributed by atoms with van der Waals surface area (Å²) in [5.41, 5.74) is 0. The molecule has 0 fully saturated rings. The Balaban J connectivity index is 4.53. The first-order valence-electron chi connectivity index (χ1n) is 5.36. The number of hydrogen-bond acceptors (Lipinski definition) is 2. The van der Waals surface area contributed by atoms with Crippen LogP contribution >= 0.6 is 34.8 Å². The van der Waals surface area contributed by atoms with Crippen LogP contribution in [0.2, 0.25) is 0 Å². The quantitative estimate of drug-likeness (QED) is 0.516. The highest BCUT2D eigenvalue weighted by atomic mass is 35.5. The number of carbonyl (C=O) groups is 1. The van der Waals surface area contributed by atoms with Crippen LogP contribution < -0.4 is 0 Å². The molecule has 0 aromatic heterocycles. The van der Waals surface area contributed by atoms with Crippen molar-refractivity contribution in [2.24, 2.45) is 5.92 Å². The van der Waals surface area contributed by atoms with Gasteiger partial charge in [0.05, 0.1) is 17.9 Å². The number of alkyl halides is 1. The summed E-state index contributed by atoms with van der Waals surface area (Å²) >= 11 is 17.2. The van der Waals surface area contributed by atoms with Gasteiger partial charge < -0.3 is 4.74 Å². The minimum absolute atomic E-state index is 0.0419. The zero-order valence-corrected chi connectivity index (χ0v) is 11.8. The van der Waals surface area contributed by atoms with E-state index in [0.29, 0.717) is 6.61 Å². The number of rotatable bonds is 7. The zero-order chi connectivity index (χ0) is 12.6. The molecule has 0 radical (unpaired) electrons. The van der Waals surface area contributed by atoms with Crippen LogP contribution in [0.5, 0.6) is 0 Å². The Labute approximate surface area is 112 Å². The third-order valence-corrected chi connectivity index (χ3v) is 2.83. The molecule has 0 spiro atoms. The molecule has 0 N–H and O–H groups in total. The van der Waals surface area contributed by atoms with Crippen molar-refractivity contribution in [3.8, 4) is 0 Å². The molecular weight excluding hydrogens is 270 g/mol. The van der Waals surface area contributed by atoms with Crippen LogP contribution in [0.1, 0.15) is 33.1 Å². The number of unbranched alkanes of at least 4 members (excludes halogenated alkanes) is 1. The number of halogens is 3. The summed E-state index contributed by atoms with van der Waals surface area (Å²) in [5.74, 6) is -0.949. The van der Waals surface area contributed by atoms with Crippen molar-refractivity contribution in [2.45, 2.75) is 38.5 Å². The SMILES string of the molecule is CCCC[C@@H](Cl)[C@@H](C=C(Cl)Cl)C(=O)OCC. The molecule has 0 saturated heterocycles. The van der Waals surface area contributed by atoms with Gasteiger partial charge in [-0.15, -0.1) is 11.6 Å². The van der Waals surface area contributed by atoms with Crippen LogP contribution in [-0.4, -0.2) is 18.0 Å². The van der Waals surface area contributed by atoms with E-state index in [0.717, 1.165) is 19.3 Å². The number of ether oxygens (including phenoxy) is 1. The van der Waals surface area contributed by atoms with Gasteiger partial charge in [-0.2, -0.15) is 0 Å². The molecule has 0 amide bonds. The van der Waals surface area contributed by atoms with Crippen LogP contribution in [0.15, 0.2) is 10.6 Å². The van der Waals surface area contributed by atoms with Gasteiger partial charge in [0, 0.05) is 0 Å². The second kappa shape index (κ2) is 9.15. The molecule has 0 aromatic rings. The molecule has 2 atom stereocenters. The molecule has 2 nitrogen and oxygen atoms in total. The van der Waals surface area contributed by atoms with E-state index in [1.807, 2.05) is 0 Å². The van der Waals surface area contributed by atoms with E-state index in [-0.39, 0.29) is 15.8 Å². The van der Waals surface area contributed by atoms with Gasteiger partial charge in [0.1, 0.15) is 4.49 Å². The maximum absolute atomic E-state index is 11.6. The molecule has 0 aliphatic carbocycles. The van der Waals surface area contributed by atoms with Gasteiger partial charge in [0.2, 0.25) is 0 Å². The largest absolute Gasteiger partial charge is 0.465 e. The van der Waals surface area contributed by atoms with Gasteiger partial charge in [0.15, 0.2) is 0 Å². The molecule has 0 saturated carbocycles. The van der Waals surface area contributed by atoms with E-state index < -0.39 is 5.92 Å². The van der Waals surface area contributed by atoms with Crippen molar-refractivity contribution in [3.63, 3.8) is 0 Å². The van der Waals surface area contributed by atoms with Gasteiger partial charge in [-0.05, 0) is 19.4 Å². The van der Waals surface area contributed by atoms with Gasteiger partial charge in [-0.25, -0.2) is 0 Å². The summed E-state index contributed by atoms with van der Waals surface area (Å²) in [6.07, 6.45) is 4.16. The number of hydrogen-bond donors (Lipinski definition) is 0. The van der Waals surface area contributed by atoms with Crippen LogP contribution in [-0.2, 0) is 9.53 Å². The minimum Gasteiger partial charge on any atom is -0.465 e. The predicted molar refractivity (Wildman–Crippen MR) is 69.1 cm³/mol. The smallest absolute Gasteiger partial charge is 0.314 e. The van der Waals surface area contributed by atoms with Crippen LogP contribution in [0, 0.1) is 5.92 Å². The summed E-state index contributed by atoms with van der Waals surface area (Å²) in [5, 5.41) is -0.327. The zero-order valence-electron chi connectivity index (χ0n) is 9.51. The monoisotopic (exact) mass is 286 g/mol. The molecule has 0 aliphatic rings. The predicted octanol–water partition coefficient (Wildman–Crippen LogP) is 4.28. The van der Waals surface area contributed by atoms with Crippen LogP contribution in [0.4, 0.5) is 0 Å². The van der Waals surface area contributed by atoms with E-state index in [1.165, 1.54) is 6.08 Å². The lowest BCUT2D eigenvalue weighted by Crippen LogP contribution is -2.25. The lowest BCUT2D eigenvalue weighted by atomic mass is 10.0. The minimum atomic E-state index is -0.571. The summed E-state index contributed by atoms with van der Waals surface area (Å²) in [6.45, 7) is 4.13. The fraction of sp³-hybridized carbons (Fsp3) is 0.727. The molecule has 0 aliphatic heterocycles. The summed E-state index contributed by atoms with van der Waals surface area (Å²) in [7, 11) is 0. The first-order chi connectivity index (χ1) is 7.52. The Kier molecular flexibility index (Phi) is 9.19. The molecule has 16 heavy (non-hydrogen) atoms. The second-order valence-electron chi connectivity index (χ2n) is 3.39. The topological polar surface area (TPSA) is 26.3 Å². The molecule has 5 heteroatoms. The molecule has 0 rings (SSSR count). The van der Waals surface area contributed by atoms with Gasteiger partial charge in [-0.1, -0.05) is 43.0 Å². The van der Waals surface area contributed by atoms with Crippen molar-refractivity contribution in [1.29, 1.82) is 0 Å². The summed E-state index contributed by atoms with van der Waals surface area (Å²) in [4.78, 5) is 11.6. The van der Waals surface area contributed by atoms with Crippen molar-refractivity contribution >= 4 is 40.8 Å². The standard InChI is InChI=1S/C11H17Cl3O2/c1-3-5-6-9(12)8(7-10(13)14)11(15)16-4-2/h7-9H,3-6H2,1-2H3/t8-,9-/m1/s1. The lowest BCUT2D eigenvalue weighted by molar-refractivity contribution is -0.146. The summed E-state index contributed by atoms with van der Waals surface area (Å²) < 4.78 is 4.96. The van der Waals surface area contributed by atoms with Crippen molar-refractivity contribution in [2.75, 3.05) is 6.61 Å². The second-order valence-corrected chi connectivity index (χ2v) is 4.96. The van der Waals surface area contributed by atoms with Gasteiger partial charge in [0.25, 0.3) is 0 Å². The lowest BCUT2D eigenvalue weighted by Gasteiger charge is -2.17. The maximum Gasteiger partial charge on any atom is 0.314 e. The highest BCUT2D eigenvalue weighted by molar-refractivity contribution is 6.56. The highest BCUT2D eigenvalue weighted by Gasteiger charge is 2.26. The van der Waals surface area contributed by atoms with Crippen molar-refractivity contribution in [3.05, 3.63) is 10.6 Å². The van der Waals surface area contributed by atoms with Gasteiger partial charge >= 0.3 is 5.97 Å². The van der Waals surface area contributed by atoms with E-state index in [1.54, 1.807) is 6.92 Å². The van der Waals surface area contributed by atoms with E-state index in [9.17, 15) is 4.79 Å². The Hall–Kier alpha value is 0.0800. The van der Waals surface area contributed by atoms with E-state index >= 15 is 0 Å². The molecule has 0 bridgehead atoms. The average molecular weight is 288 g/mol. The van der Waals surface area contributed by atoms with E-state index in [4.69, 9.17) is 39.5 Å². The number of carbonyl (C=O) groups excluding carboxylic acids is 1. The van der Waals surface area contributed by atoms with E-state index in [2.05, 4.69) is 6.92 Å². The third-order valence-electron chi connectivity index (χ3n) is 2.09. The highest BCUT2D eigenvalue weighted by Crippen LogP contribution is 2.23. The molecule has 0 heterocycles. The Morgan fingerprint density at radius 3 is 2.44 bits per heavy atom. The molecular formula is C11H17Cl3O2. The maximum atomic E-state index is 11.6. The Morgan fingerprint density at radius 2 is 2.00 bits per heavy atom. The fourth-order valence-corrected chi connectivity index (χ4v) is 1.87. The first-order valence-corrected chi connectivity index (χ1v) is 6.55. The Morgan fingerprint density at radius 1 is 1.38 bits per heavy atom. The van der Waals surface area contributed by atoms with Crippen LogP contribution in [0.25, 0.3) is 0 Å². The van der Waals surface area contributed by atoms with Crippen molar-refractivity contribution in [1.82, 2.24) is 0 Å². The van der Waals surface area contributed by atoms with Crippen LogP contribution in [0.3, 0.4) is 0 Å². The fourth-order valence-electron chi connectivity index (χ4n) is 1.27. The first kappa shape index (κ1) is 16.1. The number of esters is 1. The Bertz CT molecular complexity index is 237. The summed E-state index contributed by atoms with van der Waals surface area (Å²) in [6, 6.07) is 0. The molecule has 94 valence electrons. The normalized spacial score (nSPS) is 14.1. The molecule has 0 aromatic carbocycles. The van der Waals surface area contributed by atoms with Gasteiger partial charge in [-0.3, -0.25) is 4.79 Å². The average Bonchev–Trinajstić information content (AvgIpc) is 2.22. The third kappa shape index (κ3) is 6.62.